The highest BCUT2D eigenvalue weighted by molar-refractivity contribution is 7.18. The lowest BCUT2D eigenvalue weighted by Gasteiger charge is -2.03. The summed E-state index contributed by atoms with van der Waals surface area (Å²) in [6.45, 7) is 4.66. The molecule has 0 bridgehead atoms. The number of nitrogens with one attached hydrogen (secondary N) is 1. The fourth-order valence-corrected chi connectivity index (χ4v) is 2.45. The summed E-state index contributed by atoms with van der Waals surface area (Å²) in [6, 6.07) is 0. The molecule has 0 saturated carbocycles. The molecule has 0 aromatic carbocycles. The molecule has 0 fully saturated rings. The molecular weight excluding hydrogens is 206 g/mol. The second-order valence-electron chi connectivity index (χ2n) is 3.24. The van der Waals surface area contributed by atoms with Crippen LogP contribution in [0.2, 0.25) is 0 Å². The Morgan fingerprint density at radius 1 is 1.47 bits per heavy atom. The van der Waals surface area contributed by atoms with Gasteiger partial charge in [0.05, 0.1) is 11.9 Å². The van der Waals surface area contributed by atoms with Crippen molar-refractivity contribution in [3.8, 4) is 12.3 Å². The number of hydrogen-bond donors (Lipinski definition) is 1. The maximum Gasteiger partial charge on any atom is 0.139 e. The lowest BCUT2D eigenvalue weighted by Crippen LogP contribution is -2.01. The Morgan fingerprint density at radius 3 is 3.00 bits per heavy atom. The van der Waals surface area contributed by atoms with Gasteiger partial charge in [0.1, 0.15) is 17.0 Å². The first-order chi connectivity index (χ1) is 7.24. The number of anilines is 1. The zero-order valence-electron chi connectivity index (χ0n) is 8.66. The normalized spacial score (nSPS) is 10.2. The summed E-state index contributed by atoms with van der Waals surface area (Å²) in [5.74, 6) is 3.37. The molecule has 2 aromatic heterocycles. The Bertz CT molecular complexity index is 536. The molecule has 2 aromatic rings. The van der Waals surface area contributed by atoms with E-state index in [2.05, 4.69) is 35.1 Å². The zero-order chi connectivity index (χ0) is 10.8. The van der Waals surface area contributed by atoms with Crippen molar-refractivity contribution in [3.05, 3.63) is 16.8 Å². The first-order valence-corrected chi connectivity index (χ1v) is 5.43. The van der Waals surface area contributed by atoms with Crippen LogP contribution in [0.5, 0.6) is 0 Å². The second-order valence-corrected chi connectivity index (χ2v) is 4.45. The number of fused-ring (bicyclic) bond motifs is 1. The van der Waals surface area contributed by atoms with Gasteiger partial charge in [-0.05, 0) is 19.4 Å². The van der Waals surface area contributed by atoms with Crippen LogP contribution in [0.15, 0.2) is 6.33 Å². The molecular formula is C11H11N3S. The predicted octanol–water partition coefficient (Wildman–Crippen LogP) is 2.35. The molecule has 76 valence electrons. The van der Waals surface area contributed by atoms with Crippen molar-refractivity contribution in [1.82, 2.24) is 9.97 Å². The van der Waals surface area contributed by atoms with E-state index in [1.807, 2.05) is 0 Å². The number of thiophene rings is 1. The van der Waals surface area contributed by atoms with E-state index in [-0.39, 0.29) is 0 Å². The lowest BCUT2D eigenvalue weighted by atomic mass is 10.2. The molecule has 0 amide bonds. The van der Waals surface area contributed by atoms with Gasteiger partial charge in [-0.25, -0.2) is 9.97 Å². The van der Waals surface area contributed by atoms with Gasteiger partial charge >= 0.3 is 0 Å². The largest absolute Gasteiger partial charge is 0.359 e. The van der Waals surface area contributed by atoms with Crippen LogP contribution in [-0.2, 0) is 0 Å². The zero-order valence-corrected chi connectivity index (χ0v) is 9.48. The van der Waals surface area contributed by atoms with E-state index in [1.165, 1.54) is 10.4 Å². The minimum Gasteiger partial charge on any atom is -0.359 e. The lowest BCUT2D eigenvalue weighted by molar-refractivity contribution is 1.19. The summed E-state index contributed by atoms with van der Waals surface area (Å²) in [5.41, 5.74) is 1.23. The monoisotopic (exact) mass is 217 g/mol. The van der Waals surface area contributed by atoms with E-state index in [0.717, 1.165) is 16.0 Å². The van der Waals surface area contributed by atoms with Crippen LogP contribution in [-0.4, -0.2) is 16.5 Å². The third-order valence-electron chi connectivity index (χ3n) is 2.32. The Hall–Kier alpha value is -1.60. The Labute approximate surface area is 92.6 Å². The van der Waals surface area contributed by atoms with Crippen molar-refractivity contribution < 1.29 is 0 Å². The molecule has 0 aliphatic rings. The van der Waals surface area contributed by atoms with Crippen LogP contribution in [0.4, 0.5) is 5.82 Å². The molecule has 0 spiro atoms. The van der Waals surface area contributed by atoms with Crippen molar-refractivity contribution >= 4 is 27.4 Å². The van der Waals surface area contributed by atoms with Gasteiger partial charge in [0.2, 0.25) is 0 Å². The summed E-state index contributed by atoms with van der Waals surface area (Å²) in [6.07, 6.45) is 6.78. The van der Waals surface area contributed by atoms with Crippen molar-refractivity contribution in [2.45, 2.75) is 13.8 Å². The molecule has 0 radical (unpaired) electrons. The predicted molar refractivity (Wildman–Crippen MR) is 64.2 cm³/mol. The van der Waals surface area contributed by atoms with Gasteiger partial charge in [-0.3, -0.25) is 0 Å². The number of aromatic nitrogens is 2. The first kappa shape index (κ1) is 9.94. The molecule has 0 aliphatic carbocycles. The van der Waals surface area contributed by atoms with E-state index in [9.17, 15) is 0 Å². The van der Waals surface area contributed by atoms with Crippen molar-refractivity contribution in [1.29, 1.82) is 0 Å². The molecule has 4 heteroatoms. The SMILES string of the molecule is C#CCNc1ncnc2sc(C)c(C)c12. The topological polar surface area (TPSA) is 37.8 Å². The van der Waals surface area contributed by atoms with Crippen molar-refractivity contribution in [2.75, 3.05) is 11.9 Å². The summed E-state index contributed by atoms with van der Waals surface area (Å²) in [4.78, 5) is 10.7. The van der Waals surface area contributed by atoms with Crippen LogP contribution >= 0.6 is 11.3 Å². The molecule has 0 aliphatic heterocycles. The molecule has 2 rings (SSSR count). The number of terminal acetylenes is 1. The van der Waals surface area contributed by atoms with Crippen LogP contribution in [0.3, 0.4) is 0 Å². The third-order valence-corrected chi connectivity index (χ3v) is 3.44. The van der Waals surface area contributed by atoms with E-state index in [1.54, 1.807) is 17.7 Å². The van der Waals surface area contributed by atoms with Gasteiger partial charge in [0.15, 0.2) is 0 Å². The smallest absolute Gasteiger partial charge is 0.139 e. The highest BCUT2D eigenvalue weighted by atomic mass is 32.1. The van der Waals surface area contributed by atoms with Crippen LogP contribution in [0, 0.1) is 26.2 Å². The van der Waals surface area contributed by atoms with Gasteiger partial charge in [-0.15, -0.1) is 17.8 Å². The summed E-state index contributed by atoms with van der Waals surface area (Å²) >= 11 is 1.68. The quantitative estimate of drug-likeness (QED) is 0.785. The standard InChI is InChI=1S/C11H11N3S/c1-4-5-12-10-9-7(2)8(3)15-11(9)14-6-13-10/h1,6H,5H2,2-3H3,(H,12,13,14). The Morgan fingerprint density at radius 2 is 2.27 bits per heavy atom. The average Bonchev–Trinajstić information content (AvgIpc) is 2.53. The van der Waals surface area contributed by atoms with Gasteiger partial charge < -0.3 is 5.32 Å². The molecule has 2 heterocycles. The summed E-state index contributed by atoms with van der Waals surface area (Å²) in [5, 5.41) is 4.20. The average molecular weight is 217 g/mol. The fraction of sp³-hybridized carbons (Fsp3) is 0.273. The second kappa shape index (κ2) is 3.87. The maximum atomic E-state index is 5.21. The van der Waals surface area contributed by atoms with E-state index >= 15 is 0 Å². The Kier molecular flexibility index (Phi) is 2.57. The molecule has 3 nitrogen and oxygen atoms in total. The third kappa shape index (κ3) is 1.66. The number of nitrogens with zero attached hydrogens (tertiary/aromatic N) is 2. The Balaban J connectivity index is 2.59. The number of hydrogen-bond acceptors (Lipinski definition) is 4. The first-order valence-electron chi connectivity index (χ1n) is 4.62. The molecule has 0 atom stereocenters. The maximum absolute atomic E-state index is 5.21. The van der Waals surface area contributed by atoms with Crippen LogP contribution < -0.4 is 5.32 Å². The highest BCUT2D eigenvalue weighted by Gasteiger charge is 2.10. The molecule has 0 unspecified atom stereocenters. The van der Waals surface area contributed by atoms with E-state index in [0.29, 0.717) is 6.54 Å². The van der Waals surface area contributed by atoms with Gasteiger partial charge in [0.25, 0.3) is 0 Å². The van der Waals surface area contributed by atoms with Crippen LogP contribution in [0.1, 0.15) is 10.4 Å². The van der Waals surface area contributed by atoms with Gasteiger partial charge in [-0.1, -0.05) is 5.92 Å². The summed E-state index contributed by atoms with van der Waals surface area (Å²) in [7, 11) is 0. The van der Waals surface area contributed by atoms with E-state index in [4.69, 9.17) is 6.42 Å². The summed E-state index contributed by atoms with van der Waals surface area (Å²) < 4.78 is 0. The molecule has 1 N–H and O–H groups in total. The molecule has 15 heavy (non-hydrogen) atoms. The fourth-order valence-electron chi connectivity index (χ4n) is 1.45. The van der Waals surface area contributed by atoms with Gasteiger partial charge in [0, 0.05) is 4.88 Å². The minimum atomic E-state index is 0.487. The number of rotatable bonds is 2. The van der Waals surface area contributed by atoms with Crippen molar-refractivity contribution in [2.24, 2.45) is 0 Å². The van der Waals surface area contributed by atoms with Crippen LogP contribution in [0.25, 0.3) is 10.2 Å². The highest BCUT2D eigenvalue weighted by Crippen LogP contribution is 2.32. The molecule has 0 saturated heterocycles. The minimum absolute atomic E-state index is 0.487. The number of aryl methyl sites for hydroxylation is 2. The van der Waals surface area contributed by atoms with Crippen molar-refractivity contribution in [3.63, 3.8) is 0 Å². The van der Waals surface area contributed by atoms with Gasteiger partial charge in [-0.2, -0.15) is 0 Å². The van der Waals surface area contributed by atoms with E-state index < -0.39 is 0 Å².